The maximum Gasteiger partial charge on any atom is 0.268 e. The van der Waals surface area contributed by atoms with Crippen molar-refractivity contribution >= 4 is 35.3 Å². The summed E-state index contributed by atoms with van der Waals surface area (Å²) < 4.78 is 0. The summed E-state index contributed by atoms with van der Waals surface area (Å²) in [5.74, 6) is 0.737. The van der Waals surface area contributed by atoms with E-state index < -0.39 is 30.6 Å². The van der Waals surface area contributed by atoms with E-state index in [2.05, 4.69) is 0 Å². The van der Waals surface area contributed by atoms with Crippen molar-refractivity contribution in [1.82, 2.24) is 4.90 Å². The summed E-state index contributed by atoms with van der Waals surface area (Å²) in [6.07, 6.45) is -1.12. The van der Waals surface area contributed by atoms with E-state index in [-0.39, 0.29) is 0 Å². The van der Waals surface area contributed by atoms with Crippen molar-refractivity contribution in [3.8, 4) is 0 Å². The Balaban J connectivity index is 1.89. The van der Waals surface area contributed by atoms with E-state index in [4.69, 9.17) is 0 Å². The van der Waals surface area contributed by atoms with E-state index >= 15 is 0 Å². The number of amides is 2. The summed E-state index contributed by atoms with van der Waals surface area (Å²) in [4.78, 5) is 26.9. The fraction of sp³-hybridized carbons (Fsp3) is 0.333. The van der Waals surface area contributed by atoms with E-state index in [9.17, 15) is 19.8 Å². The molecule has 1 aromatic rings. The Morgan fingerprint density at radius 3 is 2.09 bits per heavy atom. The average molecular weight is 337 g/mol. The Morgan fingerprint density at radius 2 is 1.59 bits per heavy atom. The zero-order valence-electron chi connectivity index (χ0n) is 11.6. The van der Waals surface area contributed by atoms with Crippen LogP contribution < -0.4 is 0 Å². The quantitative estimate of drug-likeness (QED) is 0.803. The molecule has 2 amide bonds. The van der Waals surface area contributed by atoms with E-state index in [0.717, 1.165) is 16.4 Å². The van der Waals surface area contributed by atoms with E-state index in [1.807, 2.05) is 6.07 Å². The van der Waals surface area contributed by atoms with Crippen LogP contribution in [-0.4, -0.2) is 51.1 Å². The fourth-order valence-corrected chi connectivity index (χ4v) is 4.85. The topological polar surface area (TPSA) is 77.8 Å². The number of imide groups is 1. The maximum atomic E-state index is 12.5. The number of aliphatic hydroxyl groups excluding tert-OH is 2. The smallest absolute Gasteiger partial charge is 0.268 e. The summed E-state index contributed by atoms with van der Waals surface area (Å²) in [5, 5.41) is 20.1. The fourth-order valence-electron chi connectivity index (χ4n) is 2.54. The number of benzene rings is 1. The van der Waals surface area contributed by atoms with Gasteiger partial charge < -0.3 is 10.2 Å². The Labute approximate surface area is 136 Å². The minimum absolute atomic E-state index is 0.411. The minimum atomic E-state index is -1.12. The van der Waals surface area contributed by atoms with Crippen molar-refractivity contribution in [2.75, 3.05) is 18.1 Å². The summed E-state index contributed by atoms with van der Waals surface area (Å²) >= 11 is 2.74. The molecule has 7 heteroatoms. The zero-order valence-corrected chi connectivity index (χ0v) is 13.3. The molecular formula is C15H15NO4S2. The second kappa shape index (κ2) is 6.45. The van der Waals surface area contributed by atoms with Crippen LogP contribution in [0.2, 0.25) is 0 Å². The Kier molecular flexibility index (Phi) is 4.58. The maximum absolute atomic E-state index is 12.5. The highest BCUT2D eigenvalue weighted by molar-refractivity contribution is 8.11. The van der Waals surface area contributed by atoms with Gasteiger partial charge in [-0.15, -0.1) is 23.5 Å². The number of carbonyl (C=O) groups is 2. The molecule has 2 atom stereocenters. The van der Waals surface area contributed by atoms with Crippen LogP contribution in [0.4, 0.5) is 0 Å². The third kappa shape index (κ3) is 2.58. The van der Waals surface area contributed by atoms with Crippen LogP contribution in [0.25, 0.3) is 0 Å². The number of thioether (sulfide) groups is 2. The Bertz CT molecular complexity index is 604. The molecule has 0 radical (unpaired) electrons. The molecule has 0 saturated carbocycles. The first-order valence-corrected chi connectivity index (χ1v) is 8.84. The van der Waals surface area contributed by atoms with Crippen LogP contribution in [0.1, 0.15) is 11.7 Å². The van der Waals surface area contributed by atoms with Crippen molar-refractivity contribution in [2.24, 2.45) is 0 Å². The van der Waals surface area contributed by atoms with Crippen LogP contribution in [0.15, 0.2) is 40.1 Å². The van der Waals surface area contributed by atoms with Crippen molar-refractivity contribution < 1.29 is 19.8 Å². The molecule has 116 valence electrons. The van der Waals surface area contributed by atoms with Gasteiger partial charge in [0, 0.05) is 11.5 Å². The monoisotopic (exact) mass is 337 g/mol. The van der Waals surface area contributed by atoms with Crippen LogP contribution in [-0.2, 0) is 9.59 Å². The zero-order chi connectivity index (χ0) is 15.7. The van der Waals surface area contributed by atoms with Gasteiger partial charge in [0.2, 0.25) is 0 Å². The molecular weight excluding hydrogens is 322 g/mol. The third-order valence-electron chi connectivity index (χ3n) is 3.63. The molecule has 0 saturated heterocycles. The molecule has 0 fully saturated rings. The second-order valence-electron chi connectivity index (χ2n) is 4.94. The molecule has 22 heavy (non-hydrogen) atoms. The predicted molar refractivity (Wildman–Crippen MR) is 86.1 cm³/mol. The number of hydrogen-bond acceptors (Lipinski definition) is 6. The molecule has 2 N–H and O–H groups in total. The molecule has 3 rings (SSSR count). The third-order valence-corrected chi connectivity index (χ3v) is 6.17. The highest BCUT2D eigenvalue weighted by atomic mass is 32.2. The number of nitrogens with zero attached hydrogens (tertiary/aromatic N) is 1. The number of carbonyl (C=O) groups excluding carboxylic acids is 2. The van der Waals surface area contributed by atoms with Crippen LogP contribution in [0, 0.1) is 0 Å². The van der Waals surface area contributed by atoms with Gasteiger partial charge in [-0.05, 0) is 5.56 Å². The first-order valence-electron chi connectivity index (χ1n) is 6.86. The van der Waals surface area contributed by atoms with Crippen LogP contribution in [0.3, 0.4) is 0 Å². The molecule has 0 aliphatic carbocycles. The Morgan fingerprint density at radius 1 is 1.05 bits per heavy atom. The van der Waals surface area contributed by atoms with Gasteiger partial charge in [0.15, 0.2) is 0 Å². The van der Waals surface area contributed by atoms with E-state index in [1.54, 1.807) is 24.3 Å². The molecule has 2 aliphatic heterocycles. The lowest BCUT2D eigenvalue weighted by molar-refractivity contribution is -0.144. The van der Waals surface area contributed by atoms with Gasteiger partial charge in [0.05, 0.1) is 22.5 Å². The highest BCUT2D eigenvalue weighted by Gasteiger charge is 2.45. The van der Waals surface area contributed by atoms with E-state index in [1.165, 1.54) is 23.5 Å². The van der Waals surface area contributed by atoms with Crippen LogP contribution >= 0.6 is 23.5 Å². The highest BCUT2D eigenvalue weighted by Crippen LogP contribution is 2.42. The van der Waals surface area contributed by atoms with Gasteiger partial charge >= 0.3 is 0 Å². The normalized spacial score (nSPS) is 21.1. The van der Waals surface area contributed by atoms with Crippen molar-refractivity contribution in [3.05, 3.63) is 45.7 Å². The SMILES string of the molecule is O=C1C2=C(SCCS2)C(=O)N1C(CO)[C@H](O)c1ccccc1. The molecule has 5 nitrogen and oxygen atoms in total. The molecule has 1 unspecified atom stereocenters. The summed E-state index contributed by atoms with van der Waals surface area (Å²) in [7, 11) is 0. The Hall–Kier alpha value is -1.28. The number of rotatable bonds is 4. The van der Waals surface area contributed by atoms with Crippen molar-refractivity contribution in [3.63, 3.8) is 0 Å². The van der Waals surface area contributed by atoms with Gasteiger partial charge in [-0.1, -0.05) is 30.3 Å². The van der Waals surface area contributed by atoms with Gasteiger partial charge in [0.1, 0.15) is 6.10 Å². The minimum Gasteiger partial charge on any atom is -0.394 e. The lowest BCUT2D eigenvalue weighted by Crippen LogP contribution is -2.46. The van der Waals surface area contributed by atoms with Crippen molar-refractivity contribution in [2.45, 2.75) is 12.1 Å². The summed E-state index contributed by atoms with van der Waals surface area (Å²) in [5.41, 5.74) is 0.562. The van der Waals surface area contributed by atoms with Crippen molar-refractivity contribution in [1.29, 1.82) is 0 Å². The van der Waals surface area contributed by atoms with Gasteiger partial charge in [-0.2, -0.15) is 0 Å². The molecule has 2 heterocycles. The predicted octanol–water partition coefficient (Wildman–Crippen LogP) is 1.14. The number of hydrogen-bond donors (Lipinski definition) is 2. The first-order chi connectivity index (χ1) is 10.6. The number of aliphatic hydroxyl groups is 2. The largest absolute Gasteiger partial charge is 0.394 e. The lowest BCUT2D eigenvalue weighted by atomic mass is 10.0. The summed E-state index contributed by atoms with van der Waals surface area (Å²) in [6.45, 7) is -0.483. The first kappa shape index (κ1) is 15.6. The average Bonchev–Trinajstić information content (AvgIpc) is 2.82. The van der Waals surface area contributed by atoms with Gasteiger partial charge in [-0.25, -0.2) is 0 Å². The molecule has 0 spiro atoms. The molecule has 0 bridgehead atoms. The van der Waals surface area contributed by atoms with Crippen LogP contribution in [0.5, 0.6) is 0 Å². The molecule has 2 aliphatic rings. The molecule has 0 aromatic heterocycles. The lowest BCUT2D eigenvalue weighted by Gasteiger charge is -2.29. The standard InChI is InChI=1S/C15H15NO4S2/c17-8-10(11(18)9-4-2-1-3-5-9)16-14(19)12-13(15(16)20)22-7-6-21-12/h1-5,10-11,17-18H,6-8H2/t10?,11-/m1/s1. The summed E-state index contributed by atoms with van der Waals surface area (Å²) in [6, 6.07) is 7.76. The molecule has 1 aromatic carbocycles. The van der Waals surface area contributed by atoms with Gasteiger partial charge in [-0.3, -0.25) is 14.5 Å². The second-order valence-corrected chi connectivity index (χ2v) is 7.15. The van der Waals surface area contributed by atoms with Gasteiger partial charge in [0.25, 0.3) is 11.8 Å². The van der Waals surface area contributed by atoms with E-state index in [0.29, 0.717) is 15.4 Å².